The smallest absolute Gasteiger partial charge is 0.328 e. The maximum absolute atomic E-state index is 11.0. The lowest BCUT2D eigenvalue weighted by molar-refractivity contribution is -0.141. The summed E-state index contributed by atoms with van der Waals surface area (Å²) in [7, 11) is 1.78. The first-order valence-electron chi connectivity index (χ1n) is 4.08. The summed E-state index contributed by atoms with van der Waals surface area (Å²) in [5, 5.41) is 9.97. The number of hydrogen-bond donors (Lipinski definition) is 1. The highest BCUT2D eigenvalue weighted by molar-refractivity contribution is 9.11. The van der Waals surface area contributed by atoms with Gasteiger partial charge in [0.1, 0.15) is 5.54 Å². The number of rotatable bonds is 3. The summed E-state index contributed by atoms with van der Waals surface area (Å²) in [6, 6.07) is 3.81. The Morgan fingerprint density at radius 3 is 2.50 bits per heavy atom. The first-order valence-corrected chi connectivity index (χ1v) is 5.69. The van der Waals surface area contributed by atoms with Gasteiger partial charge in [-0.15, -0.1) is 11.3 Å². The molecule has 0 aliphatic rings. The van der Waals surface area contributed by atoms with E-state index in [4.69, 9.17) is 5.11 Å². The maximum Gasteiger partial charge on any atom is 0.328 e. The van der Waals surface area contributed by atoms with Crippen LogP contribution in [0.3, 0.4) is 0 Å². The normalized spacial score (nSPS) is 11.4. The van der Waals surface area contributed by atoms with Crippen LogP contribution in [0.4, 0.5) is 5.00 Å². The zero-order valence-corrected chi connectivity index (χ0v) is 10.6. The van der Waals surface area contributed by atoms with E-state index in [1.807, 2.05) is 12.1 Å². The van der Waals surface area contributed by atoms with Gasteiger partial charge in [0, 0.05) is 7.05 Å². The standard InChI is InChI=1S/C9H12BrNO2S/c1-9(2,8(12)13)11(3)7-5-4-6(10)14-7/h4-5H,1-3H3,(H,12,13). The molecule has 0 aliphatic carbocycles. The van der Waals surface area contributed by atoms with Crippen LogP contribution >= 0.6 is 27.3 Å². The summed E-state index contributed by atoms with van der Waals surface area (Å²) in [5.74, 6) is -0.829. The van der Waals surface area contributed by atoms with Crippen LogP contribution in [-0.2, 0) is 4.79 Å². The quantitative estimate of drug-likeness (QED) is 0.924. The zero-order valence-electron chi connectivity index (χ0n) is 8.24. The van der Waals surface area contributed by atoms with Crippen LogP contribution in [0.1, 0.15) is 13.8 Å². The predicted molar refractivity (Wildman–Crippen MR) is 62.1 cm³/mol. The number of likely N-dealkylation sites (N-methyl/N-ethyl adjacent to an activating group) is 1. The minimum Gasteiger partial charge on any atom is -0.480 e. The highest BCUT2D eigenvalue weighted by Gasteiger charge is 2.32. The molecular formula is C9H12BrNO2S. The van der Waals surface area contributed by atoms with Crippen molar-refractivity contribution in [3.8, 4) is 0 Å². The molecule has 1 rings (SSSR count). The molecule has 1 heterocycles. The van der Waals surface area contributed by atoms with Gasteiger partial charge in [0.15, 0.2) is 0 Å². The third-order valence-electron chi connectivity index (χ3n) is 2.25. The largest absolute Gasteiger partial charge is 0.480 e. The number of aliphatic carboxylic acids is 1. The molecule has 0 bridgehead atoms. The molecule has 0 atom stereocenters. The fraction of sp³-hybridized carbons (Fsp3) is 0.444. The first kappa shape index (κ1) is 11.5. The topological polar surface area (TPSA) is 40.5 Å². The molecular weight excluding hydrogens is 266 g/mol. The van der Waals surface area contributed by atoms with E-state index in [0.717, 1.165) is 8.79 Å². The Hall–Kier alpha value is -0.550. The molecule has 0 saturated heterocycles. The lowest BCUT2D eigenvalue weighted by Gasteiger charge is -2.32. The highest BCUT2D eigenvalue weighted by Crippen LogP contribution is 2.32. The first-order chi connectivity index (χ1) is 6.35. The Balaban J connectivity index is 2.95. The van der Waals surface area contributed by atoms with Crippen molar-refractivity contribution < 1.29 is 9.90 Å². The van der Waals surface area contributed by atoms with E-state index < -0.39 is 11.5 Å². The van der Waals surface area contributed by atoms with Crippen molar-refractivity contribution in [2.75, 3.05) is 11.9 Å². The second kappa shape index (κ2) is 3.90. The summed E-state index contributed by atoms with van der Waals surface area (Å²) >= 11 is 4.87. The summed E-state index contributed by atoms with van der Waals surface area (Å²) in [4.78, 5) is 12.7. The van der Waals surface area contributed by atoms with Crippen molar-refractivity contribution in [2.45, 2.75) is 19.4 Å². The molecule has 1 N–H and O–H groups in total. The predicted octanol–water partition coefficient (Wildman–Crippen LogP) is 2.81. The monoisotopic (exact) mass is 277 g/mol. The highest BCUT2D eigenvalue weighted by atomic mass is 79.9. The third kappa shape index (κ3) is 2.09. The number of carbonyl (C=O) groups is 1. The van der Waals surface area contributed by atoms with E-state index in [2.05, 4.69) is 15.9 Å². The number of thiophene rings is 1. The third-order valence-corrected chi connectivity index (χ3v) is 3.95. The van der Waals surface area contributed by atoms with Crippen molar-refractivity contribution in [3.63, 3.8) is 0 Å². The van der Waals surface area contributed by atoms with Crippen molar-refractivity contribution in [1.82, 2.24) is 0 Å². The van der Waals surface area contributed by atoms with Crippen LogP contribution in [0, 0.1) is 0 Å². The minimum atomic E-state index is -0.885. The van der Waals surface area contributed by atoms with Crippen LogP contribution < -0.4 is 4.90 Å². The maximum atomic E-state index is 11.0. The van der Waals surface area contributed by atoms with Crippen LogP contribution in [0.5, 0.6) is 0 Å². The SMILES string of the molecule is CN(c1ccc(Br)s1)C(C)(C)C(=O)O. The van der Waals surface area contributed by atoms with E-state index in [0.29, 0.717) is 0 Å². The van der Waals surface area contributed by atoms with Gasteiger partial charge >= 0.3 is 5.97 Å². The molecule has 0 aliphatic heterocycles. The van der Waals surface area contributed by atoms with Gasteiger partial charge in [0.2, 0.25) is 0 Å². The van der Waals surface area contributed by atoms with Gasteiger partial charge in [-0.3, -0.25) is 0 Å². The van der Waals surface area contributed by atoms with Gasteiger partial charge in [-0.2, -0.15) is 0 Å². The number of anilines is 1. The van der Waals surface area contributed by atoms with Gasteiger partial charge in [0.05, 0.1) is 8.79 Å². The molecule has 0 aromatic carbocycles. The lowest BCUT2D eigenvalue weighted by atomic mass is 10.0. The number of hydrogen-bond acceptors (Lipinski definition) is 3. The van der Waals surface area contributed by atoms with Crippen molar-refractivity contribution in [1.29, 1.82) is 0 Å². The van der Waals surface area contributed by atoms with Crippen molar-refractivity contribution in [2.24, 2.45) is 0 Å². The molecule has 1 aromatic heterocycles. The number of carboxylic acids is 1. The Bertz CT molecular complexity index is 348. The number of halogens is 1. The Morgan fingerprint density at radius 1 is 1.57 bits per heavy atom. The van der Waals surface area contributed by atoms with Crippen LogP contribution in [0.15, 0.2) is 15.9 Å². The second-order valence-corrected chi connectivity index (χ2v) is 5.94. The van der Waals surface area contributed by atoms with Crippen LogP contribution in [-0.4, -0.2) is 23.7 Å². The van der Waals surface area contributed by atoms with Crippen molar-refractivity contribution in [3.05, 3.63) is 15.9 Å². The molecule has 1 aromatic rings. The Kier molecular flexibility index (Phi) is 3.21. The summed E-state index contributed by atoms with van der Waals surface area (Å²) in [6.07, 6.45) is 0. The van der Waals surface area contributed by atoms with Gasteiger partial charge in [-0.25, -0.2) is 4.79 Å². The molecule has 78 valence electrons. The summed E-state index contributed by atoms with van der Waals surface area (Å²) < 4.78 is 1.00. The Morgan fingerprint density at radius 2 is 2.14 bits per heavy atom. The molecule has 0 saturated carbocycles. The minimum absolute atomic E-state index is 0.829. The second-order valence-electron chi connectivity index (χ2n) is 3.50. The van der Waals surface area contributed by atoms with E-state index in [1.54, 1.807) is 25.8 Å². The molecule has 0 amide bonds. The van der Waals surface area contributed by atoms with Gasteiger partial charge in [0.25, 0.3) is 0 Å². The van der Waals surface area contributed by atoms with E-state index in [9.17, 15) is 4.79 Å². The lowest BCUT2D eigenvalue weighted by Crippen LogP contribution is -2.47. The van der Waals surface area contributed by atoms with Gasteiger partial charge < -0.3 is 10.0 Å². The molecule has 5 heteroatoms. The fourth-order valence-corrected chi connectivity index (χ4v) is 2.37. The summed E-state index contributed by atoms with van der Waals surface area (Å²) in [6.45, 7) is 3.37. The molecule has 0 fully saturated rings. The van der Waals surface area contributed by atoms with Crippen LogP contribution in [0.25, 0.3) is 0 Å². The van der Waals surface area contributed by atoms with E-state index >= 15 is 0 Å². The molecule has 3 nitrogen and oxygen atoms in total. The fourth-order valence-electron chi connectivity index (χ4n) is 0.904. The number of nitrogens with zero attached hydrogens (tertiary/aromatic N) is 1. The molecule has 0 spiro atoms. The van der Waals surface area contributed by atoms with E-state index in [-0.39, 0.29) is 0 Å². The van der Waals surface area contributed by atoms with Gasteiger partial charge in [-0.1, -0.05) is 0 Å². The average molecular weight is 278 g/mol. The molecule has 0 radical (unpaired) electrons. The molecule has 0 unspecified atom stereocenters. The summed E-state index contributed by atoms with van der Waals surface area (Å²) in [5.41, 5.74) is -0.885. The zero-order chi connectivity index (χ0) is 10.9. The Labute approximate surface area is 95.5 Å². The number of carboxylic acid groups (broad SMARTS) is 1. The molecule has 14 heavy (non-hydrogen) atoms. The van der Waals surface area contributed by atoms with Crippen molar-refractivity contribution >= 4 is 38.2 Å². The van der Waals surface area contributed by atoms with Crippen LogP contribution in [0.2, 0.25) is 0 Å². The van der Waals surface area contributed by atoms with E-state index in [1.165, 1.54) is 11.3 Å². The average Bonchev–Trinajstić information content (AvgIpc) is 2.50. The van der Waals surface area contributed by atoms with Gasteiger partial charge in [-0.05, 0) is 41.9 Å².